The SMILES string of the molecule is NC1CCC(C(=O)NCC(=O)N2CCN(c3cccc(Cl)c3)CC2)C1. The molecule has 3 rings (SSSR count). The summed E-state index contributed by atoms with van der Waals surface area (Å²) in [6.45, 7) is 2.89. The summed E-state index contributed by atoms with van der Waals surface area (Å²) in [4.78, 5) is 28.4. The van der Waals surface area contributed by atoms with Gasteiger partial charge in [0.05, 0.1) is 6.54 Å². The molecule has 3 N–H and O–H groups in total. The van der Waals surface area contributed by atoms with Gasteiger partial charge in [-0.2, -0.15) is 0 Å². The van der Waals surface area contributed by atoms with Crippen molar-refractivity contribution < 1.29 is 9.59 Å². The lowest BCUT2D eigenvalue weighted by molar-refractivity contribution is -0.134. The van der Waals surface area contributed by atoms with E-state index in [1.54, 1.807) is 0 Å². The van der Waals surface area contributed by atoms with Crippen LogP contribution in [0.15, 0.2) is 24.3 Å². The number of benzene rings is 1. The van der Waals surface area contributed by atoms with E-state index in [2.05, 4.69) is 10.2 Å². The average Bonchev–Trinajstić information content (AvgIpc) is 3.06. The van der Waals surface area contributed by atoms with E-state index in [9.17, 15) is 9.59 Å². The molecule has 0 aromatic heterocycles. The molecule has 7 heteroatoms. The molecule has 1 aliphatic heterocycles. The highest BCUT2D eigenvalue weighted by Crippen LogP contribution is 2.24. The molecular weight excluding hydrogens is 340 g/mol. The lowest BCUT2D eigenvalue weighted by Crippen LogP contribution is -2.51. The van der Waals surface area contributed by atoms with Crippen molar-refractivity contribution in [2.75, 3.05) is 37.6 Å². The second-order valence-corrected chi connectivity index (χ2v) is 7.27. The standard InChI is InChI=1S/C18H25ClN4O2/c19-14-2-1-3-16(11-14)22-6-8-23(9-7-22)17(24)12-21-18(25)13-4-5-15(20)10-13/h1-3,11,13,15H,4-10,12,20H2,(H,21,25). The molecule has 1 saturated carbocycles. The highest BCUT2D eigenvalue weighted by Gasteiger charge is 2.28. The number of carbonyl (C=O) groups excluding carboxylic acids is 2. The maximum Gasteiger partial charge on any atom is 0.242 e. The van der Waals surface area contributed by atoms with Gasteiger partial charge >= 0.3 is 0 Å². The third-order valence-electron chi connectivity index (χ3n) is 5.06. The molecule has 136 valence electrons. The van der Waals surface area contributed by atoms with Crippen molar-refractivity contribution in [1.82, 2.24) is 10.2 Å². The Morgan fingerprint density at radius 2 is 1.96 bits per heavy atom. The minimum Gasteiger partial charge on any atom is -0.368 e. The number of nitrogens with two attached hydrogens (primary N) is 1. The van der Waals surface area contributed by atoms with Crippen molar-refractivity contribution in [1.29, 1.82) is 0 Å². The van der Waals surface area contributed by atoms with E-state index in [0.717, 1.165) is 38.0 Å². The molecule has 2 fully saturated rings. The van der Waals surface area contributed by atoms with Crippen LogP contribution in [0.3, 0.4) is 0 Å². The van der Waals surface area contributed by atoms with E-state index in [0.29, 0.717) is 18.1 Å². The van der Waals surface area contributed by atoms with Crippen LogP contribution in [-0.4, -0.2) is 55.5 Å². The first-order valence-electron chi connectivity index (χ1n) is 8.84. The van der Waals surface area contributed by atoms with Crippen LogP contribution in [0.4, 0.5) is 5.69 Å². The zero-order chi connectivity index (χ0) is 17.8. The van der Waals surface area contributed by atoms with Gasteiger partial charge in [0.15, 0.2) is 0 Å². The fraction of sp³-hybridized carbons (Fsp3) is 0.556. The second-order valence-electron chi connectivity index (χ2n) is 6.84. The van der Waals surface area contributed by atoms with Crippen LogP contribution in [0.25, 0.3) is 0 Å². The Kier molecular flexibility index (Phi) is 5.81. The van der Waals surface area contributed by atoms with Gasteiger partial charge in [-0.05, 0) is 37.5 Å². The van der Waals surface area contributed by atoms with Gasteiger partial charge in [0.1, 0.15) is 0 Å². The molecule has 0 spiro atoms. The Bertz CT molecular complexity index is 631. The van der Waals surface area contributed by atoms with Gasteiger partial charge in [0, 0.05) is 48.8 Å². The summed E-state index contributed by atoms with van der Waals surface area (Å²) in [5, 5.41) is 3.49. The number of nitrogens with one attached hydrogen (secondary N) is 1. The topological polar surface area (TPSA) is 78.7 Å². The van der Waals surface area contributed by atoms with Gasteiger partial charge in [-0.3, -0.25) is 9.59 Å². The number of hydrogen-bond acceptors (Lipinski definition) is 4. The fourth-order valence-corrected chi connectivity index (χ4v) is 3.74. The molecule has 1 aromatic carbocycles. The summed E-state index contributed by atoms with van der Waals surface area (Å²) < 4.78 is 0. The maximum absolute atomic E-state index is 12.3. The third-order valence-corrected chi connectivity index (χ3v) is 5.30. The molecule has 25 heavy (non-hydrogen) atoms. The van der Waals surface area contributed by atoms with Crippen LogP contribution < -0.4 is 16.0 Å². The van der Waals surface area contributed by atoms with E-state index in [1.165, 1.54) is 0 Å². The van der Waals surface area contributed by atoms with E-state index in [-0.39, 0.29) is 30.3 Å². The molecule has 1 saturated heterocycles. The van der Waals surface area contributed by atoms with Crippen molar-refractivity contribution in [3.05, 3.63) is 29.3 Å². The lowest BCUT2D eigenvalue weighted by atomic mass is 10.1. The van der Waals surface area contributed by atoms with Crippen molar-refractivity contribution in [3.8, 4) is 0 Å². The van der Waals surface area contributed by atoms with Gasteiger partial charge in [-0.25, -0.2) is 0 Å². The summed E-state index contributed by atoms with van der Waals surface area (Å²) in [6.07, 6.45) is 2.43. The third kappa shape index (κ3) is 4.64. The first-order valence-corrected chi connectivity index (χ1v) is 9.22. The van der Waals surface area contributed by atoms with Gasteiger partial charge in [0.25, 0.3) is 0 Å². The summed E-state index contributed by atoms with van der Waals surface area (Å²) in [5.41, 5.74) is 6.91. The van der Waals surface area contributed by atoms with Crippen molar-refractivity contribution in [3.63, 3.8) is 0 Å². The predicted molar refractivity (Wildman–Crippen MR) is 98.6 cm³/mol. The number of amides is 2. The van der Waals surface area contributed by atoms with E-state index < -0.39 is 0 Å². The quantitative estimate of drug-likeness (QED) is 0.842. The molecule has 1 heterocycles. The smallest absolute Gasteiger partial charge is 0.242 e. The number of anilines is 1. The average molecular weight is 365 g/mol. The Morgan fingerprint density at radius 1 is 1.20 bits per heavy atom. The normalized spacial score (nSPS) is 23.6. The second kappa shape index (κ2) is 8.06. The highest BCUT2D eigenvalue weighted by atomic mass is 35.5. The molecule has 1 aromatic rings. The van der Waals surface area contributed by atoms with E-state index >= 15 is 0 Å². The van der Waals surface area contributed by atoms with Gasteiger partial charge in [-0.15, -0.1) is 0 Å². The number of rotatable bonds is 4. The van der Waals surface area contributed by atoms with Gasteiger partial charge in [-0.1, -0.05) is 17.7 Å². The molecule has 0 bridgehead atoms. The Balaban J connectivity index is 1.43. The number of halogens is 1. The molecule has 1 aliphatic carbocycles. The van der Waals surface area contributed by atoms with Crippen molar-refractivity contribution >= 4 is 29.1 Å². The van der Waals surface area contributed by atoms with E-state index in [4.69, 9.17) is 17.3 Å². The van der Waals surface area contributed by atoms with Gasteiger partial charge in [0.2, 0.25) is 11.8 Å². The number of hydrogen-bond donors (Lipinski definition) is 2. The predicted octanol–water partition coefficient (Wildman–Crippen LogP) is 1.23. The maximum atomic E-state index is 12.3. The summed E-state index contributed by atoms with van der Waals surface area (Å²) >= 11 is 6.04. The molecule has 2 amide bonds. The molecule has 2 aliphatic rings. The number of nitrogens with zero attached hydrogens (tertiary/aromatic N) is 2. The first-order chi connectivity index (χ1) is 12.0. The van der Waals surface area contributed by atoms with Crippen LogP contribution in [-0.2, 0) is 9.59 Å². The Morgan fingerprint density at radius 3 is 2.60 bits per heavy atom. The number of piperazine rings is 1. The number of carbonyl (C=O) groups is 2. The van der Waals surface area contributed by atoms with Crippen LogP contribution in [0.5, 0.6) is 0 Å². The largest absolute Gasteiger partial charge is 0.368 e. The van der Waals surface area contributed by atoms with Crippen molar-refractivity contribution in [2.24, 2.45) is 11.7 Å². The highest BCUT2D eigenvalue weighted by molar-refractivity contribution is 6.30. The molecule has 2 atom stereocenters. The fourth-order valence-electron chi connectivity index (χ4n) is 3.56. The zero-order valence-electron chi connectivity index (χ0n) is 14.3. The zero-order valence-corrected chi connectivity index (χ0v) is 15.0. The van der Waals surface area contributed by atoms with E-state index in [1.807, 2.05) is 29.2 Å². The minimum absolute atomic E-state index is 0.0265. The molecule has 6 nitrogen and oxygen atoms in total. The summed E-state index contributed by atoms with van der Waals surface area (Å²) in [7, 11) is 0. The summed E-state index contributed by atoms with van der Waals surface area (Å²) in [6, 6.07) is 7.86. The van der Waals surface area contributed by atoms with Crippen LogP contribution >= 0.6 is 11.6 Å². The van der Waals surface area contributed by atoms with Crippen LogP contribution in [0.1, 0.15) is 19.3 Å². The van der Waals surface area contributed by atoms with Crippen LogP contribution in [0.2, 0.25) is 5.02 Å². The Hall–Kier alpha value is -1.79. The minimum atomic E-state index is -0.0427. The molecular formula is C18H25ClN4O2. The van der Waals surface area contributed by atoms with Gasteiger partial charge < -0.3 is 20.9 Å². The van der Waals surface area contributed by atoms with Crippen molar-refractivity contribution in [2.45, 2.75) is 25.3 Å². The van der Waals surface area contributed by atoms with Crippen LogP contribution in [0, 0.1) is 5.92 Å². The Labute approximate surface area is 153 Å². The first kappa shape index (κ1) is 18.0. The monoisotopic (exact) mass is 364 g/mol. The lowest BCUT2D eigenvalue weighted by Gasteiger charge is -2.36. The molecule has 2 unspecified atom stereocenters. The molecule has 0 radical (unpaired) electrons. The summed E-state index contributed by atoms with van der Waals surface area (Å²) in [5.74, 6) is -0.109.